The van der Waals surface area contributed by atoms with E-state index in [0.717, 1.165) is 29.7 Å². The van der Waals surface area contributed by atoms with E-state index < -0.39 is 0 Å². The number of piperidine rings is 1. The topological polar surface area (TPSA) is 94.4 Å². The monoisotopic (exact) mass is 553 g/mol. The minimum Gasteiger partial charge on any atom is -0.493 e. The molecule has 0 aliphatic carbocycles. The first-order chi connectivity index (χ1) is 18.3. The van der Waals surface area contributed by atoms with E-state index >= 15 is 0 Å². The van der Waals surface area contributed by atoms with Crippen molar-refractivity contribution in [3.8, 4) is 28.4 Å². The number of amidine groups is 1. The lowest BCUT2D eigenvalue weighted by Crippen LogP contribution is -2.38. The van der Waals surface area contributed by atoms with E-state index in [1.807, 2.05) is 24.3 Å². The first-order valence-electron chi connectivity index (χ1n) is 12.0. The highest BCUT2D eigenvalue weighted by atomic mass is 35.5. The van der Waals surface area contributed by atoms with Crippen molar-refractivity contribution >= 4 is 41.7 Å². The largest absolute Gasteiger partial charge is 0.493 e. The average Bonchev–Trinajstić information content (AvgIpc) is 3.34. The van der Waals surface area contributed by atoms with E-state index in [0.29, 0.717) is 51.9 Å². The van der Waals surface area contributed by atoms with Crippen LogP contribution in [0, 0.1) is 0 Å². The Bertz CT molecular complexity index is 1420. The molecule has 2 aromatic carbocycles. The summed E-state index contributed by atoms with van der Waals surface area (Å²) in [6, 6.07) is 12.6. The smallest absolute Gasteiger partial charge is 0.245 e. The Morgan fingerprint density at radius 3 is 2.61 bits per heavy atom. The molecule has 198 valence electrons. The zero-order valence-electron chi connectivity index (χ0n) is 21.3. The quantitative estimate of drug-likeness (QED) is 0.211. The molecule has 0 bridgehead atoms. The molecule has 1 saturated heterocycles. The summed E-state index contributed by atoms with van der Waals surface area (Å²) < 4.78 is 13.4. The van der Waals surface area contributed by atoms with E-state index in [1.165, 1.54) is 6.08 Å². The van der Waals surface area contributed by atoms with Crippen molar-refractivity contribution in [1.29, 1.82) is 0 Å². The van der Waals surface area contributed by atoms with Gasteiger partial charge >= 0.3 is 0 Å². The molecule has 1 aliphatic rings. The molecule has 2 N–H and O–H groups in total. The summed E-state index contributed by atoms with van der Waals surface area (Å²) >= 11 is 12.2. The van der Waals surface area contributed by atoms with Crippen LogP contribution in [0.5, 0.6) is 17.2 Å². The van der Waals surface area contributed by atoms with Crippen molar-refractivity contribution in [1.82, 2.24) is 9.58 Å². The van der Waals surface area contributed by atoms with Gasteiger partial charge in [-0.3, -0.25) is 9.79 Å². The minimum atomic E-state index is -0.0863. The van der Waals surface area contributed by atoms with Gasteiger partial charge < -0.3 is 20.1 Å². The Balaban J connectivity index is 1.77. The molecular weight excluding hydrogens is 525 g/mol. The van der Waals surface area contributed by atoms with E-state index in [-0.39, 0.29) is 11.8 Å². The average molecular weight is 554 g/mol. The summed E-state index contributed by atoms with van der Waals surface area (Å²) in [5.74, 6) is 1.79. The van der Waals surface area contributed by atoms with Crippen molar-refractivity contribution in [3.63, 3.8) is 0 Å². The highest BCUT2D eigenvalue weighted by molar-refractivity contribution is 6.42. The van der Waals surface area contributed by atoms with Crippen LogP contribution < -0.4 is 15.2 Å². The minimum absolute atomic E-state index is 0.0365. The van der Waals surface area contributed by atoms with Gasteiger partial charge in [-0.1, -0.05) is 35.8 Å². The molecule has 10 heteroatoms. The summed E-state index contributed by atoms with van der Waals surface area (Å²) in [4.78, 5) is 18.3. The van der Waals surface area contributed by atoms with Gasteiger partial charge in [-0.05, 0) is 54.8 Å². The Labute approximate surface area is 232 Å². The van der Waals surface area contributed by atoms with Crippen LogP contribution >= 0.6 is 23.2 Å². The van der Waals surface area contributed by atoms with E-state index in [2.05, 4.69) is 23.4 Å². The third-order valence-electron chi connectivity index (χ3n) is 6.55. The number of nitrogens with zero attached hydrogens (tertiary/aromatic N) is 4. The molecule has 38 heavy (non-hydrogen) atoms. The first-order valence-corrected chi connectivity index (χ1v) is 12.7. The van der Waals surface area contributed by atoms with E-state index in [1.54, 1.807) is 41.9 Å². The molecule has 0 radical (unpaired) electrons. The van der Waals surface area contributed by atoms with Crippen LogP contribution in [-0.2, 0) is 4.79 Å². The number of aliphatic imine (C=N–C) groups is 1. The van der Waals surface area contributed by atoms with Crippen molar-refractivity contribution < 1.29 is 14.3 Å². The molecule has 3 aromatic rings. The van der Waals surface area contributed by atoms with Crippen molar-refractivity contribution in [3.05, 3.63) is 76.6 Å². The van der Waals surface area contributed by atoms with Gasteiger partial charge in [-0.25, -0.2) is 4.68 Å². The molecule has 1 amide bonds. The second-order valence-electron chi connectivity index (χ2n) is 8.76. The fraction of sp³-hybridized carbons (Fsp3) is 0.250. The van der Waals surface area contributed by atoms with Crippen LogP contribution in [0.1, 0.15) is 30.1 Å². The van der Waals surface area contributed by atoms with Crippen molar-refractivity contribution in [2.75, 3.05) is 27.2 Å². The molecule has 1 aliphatic heterocycles. The van der Waals surface area contributed by atoms with Gasteiger partial charge in [0.25, 0.3) is 0 Å². The van der Waals surface area contributed by atoms with Crippen LogP contribution in [0.3, 0.4) is 0 Å². The number of likely N-dealkylation sites (tertiary alicyclic amines) is 1. The fourth-order valence-corrected chi connectivity index (χ4v) is 4.96. The molecule has 8 nitrogen and oxygen atoms in total. The van der Waals surface area contributed by atoms with Crippen LogP contribution in [0.4, 0.5) is 0 Å². The SMILES string of the molecule is C=CC(=O)N1CCCC(c2cc(-c3ccc(Oc4ccc(Cl)c(Cl)c4)c(OC)c3)c(C(N)=NC)n2N=C)C1. The maximum atomic E-state index is 12.3. The lowest BCUT2D eigenvalue weighted by atomic mass is 9.94. The number of nitrogens with two attached hydrogens (primary N) is 1. The molecule has 4 rings (SSSR count). The number of methoxy groups -OCH3 is 1. The van der Waals surface area contributed by atoms with Gasteiger partial charge in [0.05, 0.1) is 17.2 Å². The second-order valence-corrected chi connectivity index (χ2v) is 9.58. The van der Waals surface area contributed by atoms with Gasteiger partial charge in [0, 0.05) is 50.1 Å². The van der Waals surface area contributed by atoms with Crippen molar-refractivity contribution in [2.24, 2.45) is 15.8 Å². The number of benzene rings is 2. The zero-order valence-corrected chi connectivity index (χ0v) is 22.8. The highest BCUT2D eigenvalue weighted by Gasteiger charge is 2.29. The van der Waals surface area contributed by atoms with Crippen LogP contribution in [0.15, 0.2) is 65.2 Å². The van der Waals surface area contributed by atoms with Gasteiger partial charge in [0.1, 0.15) is 17.3 Å². The molecule has 1 fully saturated rings. The van der Waals surface area contributed by atoms with Crippen molar-refractivity contribution in [2.45, 2.75) is 18.8 Å². The van der Waals surface area contributed by atoms with Crippen LogP contribution in [0.25, 0.3) is 11.1 Å². The Kier molecular flexibility index (Phi) is 8.44. The van der Waals surface area contributed by atoms with Gasteiger partial charge in [-0.2, -0.15) is 5.10 Å². The van der Waals surface area contributed by atoms with Crippen LogP contribution in [-0.4, -0.2) is 55.3 Å². The van der Waals surface area contributed by atoms with E-state index in [4.69, 9.17) is 38.4 Å². The molecule has 1 atom stereocenters. The first kappa shape index (κ1) is 27.3. The molecule has 0 saturated carbocycles. The standard InChI is InChI=1S/C28H29Cl2N5O3/c1-5-26(36)34-12-6-7-18(16-34)23-15-20(27(28(31)32-2)35(23)33-3)17-8-11-24(25(13-17)37-4)38-19-9-10-21(29)22(30)14-19/h5,8-11,13-15,18H,1,3,6-7,12,16H2,2,4H3,(H2,31,32). The predicted molar refractivity (Wildman–Crippen MR) is 153 cm³/mol. The molecule has 1 aromatic heterocycles. The molecular formula is C28H29Cl2N5O3. The number of hydrogen-bond donors (Lipinski definition) is 1. The summed E-state index contributed by atoms with van der Waals surface area (Å²) in [5, 5.41) is 5.11. The number of ether oxygens (including phenoxy) is 2. The zero-order chi connectivity index (χ0) is 27.4. The van der Waals surface area contributed by atoms with E-state index in [9.17, 15) is 4.79 Å². The van der Waals surface area contributed by atoms with Crippen LogP contribution in [0.2, 0.25) is 10.0 Å². The third kappa shape index (κ3) is 5.42. The number of hydrogen-bond acceptors (Lipinski definition) is 5. The number of carbonyl (C=O) groups is 1. The Hall–Kier alpha value is -3.75. The maximum Gasteiger partial charge on any atom is 0.245 e. The molecule has 2 heterocycles. The fourth-order valence-electron chi connectivity index (χ4n) is 4.67. The maximum absolute atomic E-state index is 12.3. The normalized spacial score (nSPS) is 15.7. The summed E-state index contributed by atoms with van der Waals surface area (Å²) in [6.45, 7) is 8.66. The summed E-state index contributed by atoms with van der Waals surface area (Å²) in [6.07, 6.45) is 3.10. The second kappa shape index (κ2) is 11.8. The van der Waals surface area contributed by atoms with Gasteiger partial charge in [0.2, 0.25) is 5.91 Å². The number of aromatic nitrogens is 1. The summed E-state index contributed by atoms with van der Waals surface area (Å²) in [5.41, 5.74) is 9.50. The summed E-state index contributed by atoms with van der Waals surface area (Å²) in [7, 11) is 3.19. The number of amides is 1. The number of carbonyl (C=O) groups excluding carboxylic acids is 1. The lowest BCUT2D eigenvalue weighted by Gasteiger charge is -2.32. The number of rotatable bonds is 8. The molecule has 0 spiro atoms. The predicted octanol–water partition coefficient (Wildman–Crippen LogP) is 5.95. The Morgan fingerprint density at radius 2 is 1.95 bits per heavy atom. The number of halogens is 2. The Morgan fingerprint density at radius 1 is 1.16 bits per heavy atom. The molecule has 1 unspecified atom stereocenters. The lowest BCUT2D eigenvalue weighted by molar-refractivity contribution is -0.127. The highest BCUT2D eigenvalue weighted by Crippen LogP contribution is 2.40. The van der Waals surface area contributed by atoms with Gasteiger partial charge in [-0.15, -0.1) is 0 Å². The van der Waals surface area contributed by atoms with Gasteiger partial charge in [0.15, 0.2) is 11.5 Å². The third-order valence-corrected chi connectivity index (χ3v) is 7.29.